The minimum absolute atomic E-state index is 0.0598. The van der Waals surface area contributed by atoms with Gasteiger partial charge < -0.3 is 20.3 Å². The molecule has 1 aromatic rings. The lowest BCUT2D eigenvalue weighted by Gasteiger charge is -2.41. The van der Waals surface area contributed by atoms with Crippen LogP contribution in [0.3, 0.4) is 0 Å². The highest BCUT2D eigenvalue weighted by Gasteiger charge is 2.33. The van der Waals surface area contributed by atoms with Crippen LogP contribution in [0.15, 0.2) is 12.4 Å². The number of carbonyl (C=O) groups is 1. The van der Waals surface area contributed by atoms with Gasteiger partial charge >= 0.3 is 0 Å². The highest BCUT2D eigenvalue weighted by molar-refractivity contribution is 5.93. The van der Waals surface area contributed by atoms with Crippen LogP contribution in [0.2, 0.25) is 0 Å². The molecular formula is C15H21N5O2. The number of amides is 1. The Kier molecular flexibility index (Phi) is 3.67. The molecule has 3 aliphatic rings. The third kappa shape index (κ3) is 2.91. The van der Waals surface area contributed by atoms with Crippen LogP contribution < -0.4 is 15.5 Å². The van der Waals surface area contributed by atoms with E-state index in [1.54, 1.807) is 12.4 Å². The summed E-state index contributed by atoms with van der Waals surface area (Å²) in [6.07, 6.45) is 6.62. The molecule has 4 rings (SSSR count). The largest absolute Gasteiger partial charge is 0.373 e. The summed E-state index contributed by atoms with van der Waals surface area (Å²) in [5.41, 5.74) is 0. The summed E-state index contributed by atoms with van der Waals surface area (Å²) >= 11 is 0. The van der Waals surface area contributed by atoms with Crippen molar-refractivity contribution in [2.45, 2.75) is 31.4 Å². The van der Waals surface area contributed by atoms with Gasteiger partial charge in [0.25, 0.3) is 0 Å². The Morgan fingerprint density at radius 1 is 1.32 bits per heavy atom. The summed E-state index contributed by atoms with van der Waals surface area (Å²) < 4.78 is 5.83. The molecule has 1 aromatic heterocycles. The maximum absolute atomic E-state index is 11.7. The Labute approximate surface area is 129 Å². The lowest BCUT2D eigenvalue weighted by Crippen LogP contribution is -2.57. The predicted molar refractivity (Wildman–Crippen MR) is 81.7 cm³/mol. The van der Waals surface area contributed by atoms with Crippen molar-refractivity contribution in [3.8, 4) is 0 Å². The van der Waals surface area contributed by atoms with E-state index >= 15 is 0 Å². The second-order valence-electron chi connectivity index (χ2n) is 6.23. The lowest BCUT2D eigenvalue weighted by molar-refractivity contribution is -0.117. The topological polar surface area (TPSA) is 79.4 Å². The molecule has 3 heterocycles. The third-order valence-electron chi connectivity index (χ3n) is 4.56. The average molecular weight is 303 g/mol. The van der Waals surface area contributed by atoms with Gasteiger partial charge in [-0.15, -0.1) is 0 Å². The monoisotopic (exact) mass is 303 g/mol. The third-order valence-corrected chi connectivity index (χ3v) is 4.56. The molecule has 0 spiro atoms. The van der Waals surface area contributed by atoms with Crippen molar-refractivity contribution in [3.63, 3.8) is 0 Å². The number of rotatable bonds is 3. The summed E-state index contributed by atoms with van der Waals surface area (Å²) in [6, 6.07) is 0.454. The maximum Gasteiger partial charge on any atom is 0.228 e. The van der Waals surface area contributed by atoms with Crippen molar-refractivity contribution < 1.29 is 9.53 Å². The number of nitrogens with zero attached hydrogens (tertiary/aromatic N) is 3. The van der Waals surface area contributed by atoms with Gasteiger partial charge in [0.1, 0.15) is 5.82 Å². The molecule has 3 fully saturated rings. The van der Waals surface area contributed by atoms with Crippen molar-refractivity contribution in [1.29, 1.82) is 0 Å². The number of fused-ring (bicyclic) bond motifs is 1. The first-order valence-electron chi connectivity index (χ1n) is 8.02. The summed E-state index contributed by atoms with van der Waals surface area (Å²) in [4.78, 5) is 22.7. The van der Waals surface area contributed by atoms with Crippen LogP contribution >= 0.6 is 0 Å². The fraction of sp³-hybridized carbons (Fsp3) is 0.667. The zero-order chi connectivity index (χ0) is 14.9. The quantitative estimate of drug-likeness (QED) is 0.841. The molecule has 7 heteroatoms. The van der Waals surface area contributed by atoms with Gasteiger partial charge in [-0.25, -0.2) is 9.97 Å². The first-order valence-corrected chi connectivity index (χ1v) is 8.02. The molecule has 118 valence electrons. The lowest BCUT2D eigenvalue weighted by atomic mass is 10.0. The Bertz CT molecular complexity index is 545. The number of carbonyl (C=O) groups excluding carboxylic acids is 1. The molecule has 7 nitrogen and oxygen atoms in total. The van der Waals surface area contributed by atoms with E-state index in [2.05, 4.69) is 25.5 Å². The zero-order valence-electron chi connectivity index (χ0n) is 12.5. The van der Waals surface area contributed by atoms with E-state index in [-0.39, 0.29) is 17.9 Å². The van der Waals surface area contributed by atoms with E-state index in [1.807, 2.05) is 0 Å². The number of piperidine rings is 1. The molecule has 2 atom stereocenters. The second kappa shape index (κ2) is 5.81. The summed E-state index contributed by atoms with van der Waals surface area (Å²) in [7, 11) is 0. The number of hydrogen-bond acceptors (Lipinski definition) is 6. The molecule has 0 unspecified atom stereocenters. The number of morpholine rings is 1. The summed E-state index contributed by atoms with van der Waals surface area (Å²) in [5.74, 6) is 1.61. The van der Waals surface area contributed by atoms with Crippen molar-refractivity contribution in [2.24, 2.45) is 5.92 Å². The first-order chi connectivity index (χ1) is 10.8. The maximum atomic E-state index is 11.7. The van der Waals surface area contributed by atoms with Crippen LogP contribution in [0.5, 0.6) is 0 Å². The molecule has 22 heavy (non-hydrogen) atoms. The Balaban J connectivity index is 1.38. The van der Waals surface area contributed by atoms with E-state index in [0.29, 0.717) is 11.9 Å². The van der Waals surface area contributed by atoms with Crippen LogP contribution in [0, 0.1) is 5.92 Å². The van der Waals surface area contributed by atoms with Gasteiger partial charge in [0.05, 0.1) is 25.1 Å². The van der Waals surface area contributed by atoms with Crippen molar-refractivity contribution >= 4 is 17.5 Å². The van der Waals surface area contributed by atoms with E-state index < -0.39 is 0 Å². The fourth-order valence-corrected chi connectivity index (χ4v) is 3.10. The molecule has 2 saturated heterocycles. The highest BCUT2D eigenvalue weighted by atomic mass is 16.5. The minimum atomic E-state index is 0.0598. The summed E-state index contributed by atoms with van der Waals surface area (Å²) in [6.45, 7) is 3.49. The highest BCUT2D eigenvalue weighted by Crippen LogP contribution is 2.30. The van der Waals surface area contributed by atoms with Crippen molar-refractivity contribution in [1.82, 2.24) is 15.3 Å². The van der Waals surface area contributed by atoms with Gasteiger partial charge in [-0.1, -0.05) is 0 Å². The number of hydrogen-bond donors (Lipinski definition) is 2. The normalized spacial score (nSPS) is 28.1. The van der Waals surface area contributed by atoms with E-state index in [9.17, 15) is 4.79 Å². The van der Waals surface area contributed by atoms with E-state index in [4.69, 9.17) is 4.74 Å². The Hall–Kier alpha value is -1.73. The first kappa shape index (κ1) is 13.9. The van der Waals surface area contributed by atoms with Crippen LogP contribution in [0.1, 0.15) is 19.3 Å². The SMILES string of the molecule is O=C(Nc1cnc(N2CC[C@@H]3NCCO[C@H]3C2)cn1)C1CC1. The molecular weight excluding hydrogens is 282 g/mol. The molecule has 0 aromatic carbocycles. The fourth-order valence-electron chi connectivity index (χ4n) is 3.10. The number of anilines is 2. The number of ether oxygens (including phenoxy) is 1. The van der Waals surface area contributed by atoms with Gasteiger partial charge in [-0.3, -0.25) is 4.79 Å². The molecule has 1 saturated carbocycles. The smallest absolute Gasteiger partial charge is 0.228 e. The molecule has 2 aliphatic heterocycles. The standard InChI is InChI=1S/C15H21N5O2/c21-15(10-1-2-10)19-13-7-18-14(8-17-13)20-5-3-11-12(9-20)22-6-4-16-11/h7-8,10-12,16H,1-6,9H2,(H,17,19,21)/t11-,12-/m0/s1. The summed E-state index contributed by atoms with van der Waals surface area (Å²) in [5, 5.41) is 6.32. The molecule has 2 N–H and O–H groups in total. The van der Waals surface area contributed by atoms with Crippen LogP contribution in [-0.2, 0) is 9.53 Å². The van der Waals surface area contributed by atoms with Crippen molar-refractivity contribution in [3.05, 3.63) is 12.4 Å². The van der Waals surface area contributed by atoms with Crippen LogP contribution in [0.25, 0.3) is 0 Å². The Morgan fingerprint density at radius 3 is 3.00 bits per heavy atom. The second-order valence-corrected chi connectivity index (χ2v) is 6.23. The van der Waals surface area contributed by atoms with E-state index in [0.717, 1.165) is 51.3 Å². The zero-order valence-corrected chi connectivity index (χ0v) is 12.5. The average Bonchev–Trinajstić information content (AvgIpc) is 3.40. The van der Waals surface area contributed by atoms with Gasteiger partial charge in [0.15, 0.2) is 5.82 Å². The predicted octanol–water partition coefficient (Wildman–Crippen LogP) is 0.392. The molecule has 1 amide bonds. The minimum Gasteiger partial charge on any atom is -0.373 e. The van der Waals surface area contributed by atoms with Gasteiger partial charge in [0, 0.05) is 31.6 Å². The van der Waals surface area contributed by atoms with Crippen LogP contribution in [-0.4, -0.2) is 54.3 Å². The number of aromatic nitrogens is 2. The van der Waals surface area contributed by atoms with Gasteiger partial charge in [0.2, 0.25) is 5.91 Å². The van der Waals surface area contributed by atoms with Crippen molar-refractivity contribution in [2.75, 3.05) is 36.5 Å². The van der Waals surface area contributed by atoms with E-state index in [1.165, 1.54) is 0 Å². The van der Waals surface area contributed by atoms with Gasteiger partial charge in [-0.2, -0.15) is 0 Å². The Morgan fingerprint density at radius 2 is 2.23 bits per heavy atom. The van der Waals surface area contributed by atoms with Gasteiger partial charge in [-0.05, 0) is 19.3 Å². The van der Waals surface area contributed by atoms with Crippen LogP contribution in [0.4, 0.5) is 11.6 Å². The molecule has 1 aliphatic carbocycles. The molecule has 0 bridgehead atoms. The molecule has 0 radical (unpaired) electrons. The number of nitrogens with one attached hydrogen (secondary N) is 2.